The molecule has 1 aromatic carbocycles. The molecule has 0 atom stereocenters. The van der Waals surface area contributed by atoms with Crippen LogP contribution >= 0.6 is 0 Å². The summed E-state index contributed by atoms with van der Waals surface area (Å²) in [6.45, 7) is 5.73. The molecule has 0 fully saturated rings. The van der Waals surface area contributed by atoms with Crippen LogP contribution in [0.1, 0.15) is 26.3 Å². The van der Waals surface area contributed by atoms with Crippen LogP contribution in [0.15, 0.2) is 30.3 Å². The maximum Gasteiger partial charge on any atom is 0.161 e. The van der Waals surface area contributed by atoms with Gasteiger partial charge in [-0.2, -0.15) is 0 Å². The largest absolute Gasteiger partial charge is 0.497 e. The van der Waals surface area contributed by atoms with E-state index in [0.29, 0.717) is 0 Å². The Morgan fingerprint density at radius 1 is 1.19 bits per heavy atom. The molecule has 0 aliphatic rings. The van der Waals surface area contributed by atoms with Crippen LogP contribution < -0.4 is 4.74 Å². The third-order valence-electron chi connectivity index (χ3n) is 2.28. The number of benzene rings is 1. The zero-order valence-corrected chi connectivity index (χ0v) is 10.3. The fraction of sp³-hybridized carbons (Fsp3) is 0.357. The van der Waals surface area contributed by atoms with Crippen LogP contribution in [0, 0.1) is 5.41 Å². The van der Waals surface area contributed by atoms with E-state index in [1.165, 1.54) is 0 Å². The highest BCUT2D eigenvalue weighted by Gasteiger charge is 2.17. The molecule has 0 saturated heterocycles. The van der Waals surface area contributed by atoms with Crippen LogP contribution in [-0.4, -0.2) is 12.9 Å². The van der Waals surface area contributed by atoms with Crippen LogP contribution in [-0.2, 0) is 4.79 Å². The van der Waals surface area contributed by atoms with Crippen LogP contribution in [0.2, 0.25) is 0 Å². The van der Waals surface area contributed by atoms with Crippen molar-refractivity contribution in [2.24, 2.45) is 5.41 Å². The van der Waals surface area contributed by atoms with Crippen molar-refractivity contribution in [1.29, 1.82) is 0 Å². The fourth-order valence-corrected chi connectivity index (χ4v) is 1.14. The summed E-state index contributed by atoms with van der Waals surface area (Å²) in [5, 5.41) is 0. The molecule has 0 saturated carbocycles. The van der Waals surface area contributed by atoms with Gasteiger partial charge in [0.05, 0.1) is 7.11 Å². The van der Waals surface area contributed by atoms with E-state index in [9.17, 15) is 4.79 Å². The van der Waals surface area contributed by atoms with Gasteiger partial charge < -0.3 is 4.74 Å². The molecule has 0 aromatic heterocycles. The van der Waals surface area contributed by atoms with E-state index >= 15 is 0 Å². The Kier molecular flexibility index (Phi) is 3.88. The highest BCUT2D eigenvalue weighted by Crippen LogP contribution is 2.17. The van der Waals surface area contributed by atoms with E-state index in [0.717, 1.165) is 11.3 Å². The quantitative estimate of drug-likeness (QED) is 0.727. The number of carbonyl (C=O) groups excluding carboxylic acids is 1. The summed E-state index contributed by atoms with van der Waals surface area (Å²) < 4.78 is 5.06. The Balaban J connectivity index is 2.73. The van der Waals surface area contributed by atoms with Gasteiger partial charge in [-0.15, -0.1) is 0 Å². The van der Waals surface area contributed by atoms with E-state index in [4.69, 9.17) is 4.74 Å². The molecule has 0 bridgehead atoms. The van der Waals surface area contributed by atoms with Gasteiger partial charge in [0.15, 0.2) is 5.78 Å². The van der Waals surface area contributed by atoms with Crippen molar-refractivity contribution in [3.8, 4) is 5.75 Å². The van der Waals surface area contributed by atoms with Crippen molar-refractivity contribution in [3.05, 3.63) is 35.9 Å². The van der Waals surface area contributed by atoms with Gasteiger partial charge in [-0.05, 0) is 23.8 Å². The first kappa shape index (κ1) is 12.5. The normalized spacial score (nSPS) is 11.8. The topological polar surface area (TPSA) is 26.3 Å². The van der Waals surface area contributed by atoms with Crippen molar-refractivity contribution < 1.29 is 9.53 Å². The van der Waals surface area contributed by atoms with Crippen molar-refractivity contribution >= 4 is 11.9 Å². The van der Waals surface area contributed by atoms with Crippen LogP contribution in [0.3, 0.4) is 0 Å². The first-order chi connectivity index (χ1) is 7.43. The van der Waals surface area contributed by atoms with Gasteiger partial charge in [0.1, 0.15) is 5.75 Å². The van der Waals surface area contributed by atoms with E-state index < -0.39 is 0 Å². The number of methoxy groups -OCH3 is 1. The van der Waals surface area contributed by atoms with E-state index in [1.807, 2.05) is 51.1 Å². The molecule has 0 aliphatic carbocycles. The van der Waals surface area contributed by atoms with Gasteiger partial charge in [0, 0.05) is 5.41 Å². The average molecular weight is 218 g/mol. The smallest absolute Gasteiger partial charge is 0.161 e. The number of ether oxygens (including phenoxy) is 1. The third-order valence-corrected chi connectivity index (χ3v) is 2.28. The zero-order chi connectivity index (χ0) is 12.2. The molecule has 0 spiro atoms. The lowest BCUT2D eigenvalue weighted by atomic mass is 9.90. The monoisotopic (exact) mass is 218 g/mol. The lowest BCUT2D eigenvalue weighted by molar-refractivity contribution is -0.121. The second kappa shape index (κ2) is 4.97. The van der Waals surface area contributed by atoms with Gasteiger partial charge in [-0.1, -0.05) is 39.0 Å². The van der Waals surface area contributed by atoms with Crippen molar-refractivity contribution in [2.75, 3.05) is 7.11 Å². The summed E-state index contributed by atoms with van der Waals surface area (Å²) in [7, 11) is 1.63. The highest BCUT2D eigenvalue weighted by molar-refractivity contribution is 5.97. The molecular weight excluding hydrogens is 200 g/mol. The van der Waals surface area contributed by atoms with Gasteiger partial charge in [0.25, 0.3) is 0 Å². The summed E-state index contributed by atoms with van der Waals surface area (Å²) >= 11 is 0. The first-order valence-corrected chi connectivity index (χ1v) is 5.30. The molecule has 0 N–H and O–H groups in total. The second-order valence-electron chi connectivity index (χ2n) is 4.72. The van der Waals surface area contributed by atoms with E-state index in [-0.39, 0.29) is 11.2 Å². The predicted octanol–water partition coefficient (Wildman–Crippen LogP) is 3.32. The Hall–Kier alpha value is -1.57. The summed E-state index contributed by atoms with van der Waals surface area (Å²) in [6.07, 6.45) is 3.45. The number of hydrogen-bond donors (Lipinski definition) is 0. The molecule has 86 valence electrons. The number of carbonyl (C=O) groups is 1. The Bertz CT molecular complexity index is 380. The van der Waals surface area contributed by atoms with Crippen molar-refractivity contribution in [3.63, 3.8) is 0 Å². The van der Waals surface area contributed by atoms with Gasteiger partial charge in [-0.3, -0.25) is 4.79 Å². The standard InChI is InChI=1S/C14H18O2/c1-14(2,3)13(15)10-7-11-5-8-12(16-4)9-6-11/h5-10H,1-4H3/b10-7-. The number of ketones is 1. The Morgan fingerprint density at radius 3 is 2.19 bits per heavy atom. The lowest BCUT2D eigenvalue weighted by Gasteiger charge is -2.12. The molecule has 0 aliphatic heterocycles. The number of rotatable bonds is 3. The molecule has 0 radical (unpaired) electrons. The van der Waals surface area contributed by atoms with E-state index in [1.54, 1.807) is 13.2 Å². The van der Waals surface area contributed by atoms with Gasteiger partial charge in [0.2, 0.25) is 0 Å². The van der Waals surface area contributed by atoms with Crippen LogP contribution in [0.5, 0.6) is 5.75 Å². The molecule has 0 unspecified atom stereocenters. The molecule has 0 heterocycles. The average Bonchev–Trinajstić information content (AvgIpc) is 2.25. The van der Waals surface area contributed by atoms with Crippen molar-refractivity contribution in [1.82, 2.24) is 0 Å². The Morgan fingerprint density at radius 2 is 1.75 bits per heavy atom. The summed E-state index contributed by atoms with van der Waals surface area (Å²) in [6, 6.07) is 7.60. The first-order valence-electron chi connectivity index (χ1n) is 5.30. The fourth-order valence-electron chi connectivity index (χ4n) is 1.14. The zero-order valence-electron chi connectivity index (χ0n) is 10.3. The minimum Gasteiger partial charge on any atom is -0.497 e. The highest BCUT2D eigenvalue weighted by atomic mass is 16.5. The summed E-state index contributed by atoms with van der Waals surface area (Å²) in [4.78, 5) is 11.6. The van der Waals surface area contributed by atoms with Gasteiger partial charge >= 0.3 is 0 Å². The minimum absolute atomic E-state index is 0.128. The van der Waals surface area contributed by atoms with Crippen LogP contribution in [0.4, 0.5) is 0 Å². The number of allylic oxidation sites excluding steroid dienone is 1. The van der Waals surface area contributed by atoms with Crippen molar-refractivity contribution in [2.45, 2.75) is 20.8 Å². The maximum absolute atomic E-state index is 11.6. The summed E-state index contributed by atoms with van der Waals surface area (Å²) in [5.41, 5.74) is 0.682. The Labute approximate surface area is 96.9 Å². The van der Waals surface area contributed by atoms with Crippen LogP contribution in [0.25, 0.3) is 6.08 Å². The molecule has 0 amide bonds. The van der Waals surface area contributed by atoms with Gasteiger partial charge in [-0.25, -0.2) is 0 Å². The number of hydrogen-bond acceptors (Lipinski definition) is 2. The molecule has 2 nitrogen and oxygen atoms in total. The molecule has 1 rings (SSSR count). The lowest BCUT2D eigenvalue weighted by Crippen LogP contribution is -2.17. The molecular formula is C14H18O2. The maximum atomic E-state index is 11.6. The minimum atomic E-state index is -0.316. The van der Waals surface area contributed by atoms with E-state index in [2.05, 4.69) is 0 Å². The molecule has 16 heavy (non-hydrogen) atoms. The SMILES string of the molecule is COc1ccc(/C=C\C(=O)C(C)(C)C)cc1. The predicted molar refractivity (Wildman–Crippen MR) is 66.5 cm³/mol. The molecule has 1 aromatic rings. The second-order valence-corrected chi connectivity index (χ2v) is 4.72. The summed E-state index contributed by atoms with van der Waals surface area (Å²) in [5.74, 6) is 0.947. The molecule has 2 heteroatoms. The third kappa shape index (κ3) is 3.54.